The molecule has 0 spiro atoms. The molecule has 0 saturated carbocycles. The molecule has 0 aliphatic rings. The van der Waals surface area contributed by atoms with Crippen molar-refractivity contribution in [2.45, 2.75) is 13.8 Å². The first-order valence-corrected chi connectivity index (χ1v) is 5.42. The average Bonchev–Trinajstić information content (AvgIpc) is 2.64. The second-order valence-electron chi connectivity index (χ2n) is 4.12. The van der Waals surface area contributed by atoms with E-state index in [9.17, 15) is 0 Å². The molecular formula is C14H15NO. The molecule has 0 saturated heterocycles. The Kier molecular flexibility index (Phi) is 2.91. The molecule has 2 aromatic rings. The highest BCUT2D eigenvalue weighted by Crippen LogP contribution is 2.26. The molecule has 0 aliphatic heterocycles. The van der Waals surface area contributed by atoms with Gasteiger partial charge in [-0.05, 0) is 12.0 Å². The van der Waals surface area contributed by atoms with E-state index in [-0.39, 0.29) is 0 Å². The molecule has 0 bridgehead atoms. The summed E-state index contributed by atoms with van der Waals surface area (Å²) in [4.78, 5) is 0. The number of fused-ring (bicyclic) bond motifs is 1. The maximum Gasteiger partial charge on any atom is 0.152 e. The molecule has 2 rings (SSSR count). The van der Waals surface area contributed by atoms with Crippen LogP contribution >= 0.6 is 0 Å². The number of hydrogen-bond acceptors (Lipinski definition) is 2. The largest absolute Gasteiger partial charge is 0.454 e. The van der Waals surface area contributed by atoms with Gasteiger partial charge in [0.25, 0.3) is 0 Å². The Bertz CT molecular complexity index is 535. The van der Waals surface area contributed by atoms with Gasteiger partial charge >= 0.3 is 0 Å². The Labute approximate surface area is 95.1 Å². The van der Waals surface area contributed by atoms with Gasteiger partial charge < -0.3 is 9.83 Å². The van der Waals surface area contributed by atoms with Crippen LogP contribution in [0, 0.1) is 11.3 Å². The second kappa shape index (κ2) is 4.35. The van der Waals surface area contributed by atoms with E-state index in [0.717, 1.165) is 16.5 Å². The van der Waals surface area contributed by atoms with E-state index >= 15 is 0 Å². The van der Waals surface area contributed by atoms with Gasteiger partial charge in [-0.1, -0.05) is 44.2 Å². The van der Waals surface area contributed by atoms with Crippen LogP contribution in [0.5, 0.6) is 0 Å². The highest BCUT2D eigenvalue weighted by molar-refractivity contribution is 5.95. The zero-order valence-electron chi connectivity index (χ0n) is 9.53. The molecule has 0 radical (unpaired) electrons. The lowest BCUT2D eigenvalue weighted by molar-refractivity contribution is 0.606. The Hall–Kier alpha value is -1.83. The summed E-state index contributed by atoms with van der Waals surface area (Å²) in [5.41, 5.74) is 1.84. The second-order valence-corrected chi connectivity index (χ2v) is 4.12. The quantitative estimate of drug-likeness (QED) is 0.766. The van der Waals surface area contributed by atoms with E-state index in [1.54, 1.807) is 0 Å². The summed E-state index contributed by atoms with van der Waals surface area (Å²) in [7, 11) is 0. The highest BCUT2D eigenvalue weighted by Gasteiger charge is 2.08. The van der Waals surface area contributed by atoms with Crippen molar-refractivity contribution in [3.63, 3.8) is 0 Å². The predicted octanol–water partition coefficient (Wildman–Crippen LogP) is 4.10. The summed E-state index contributed by atoms with van der Waals surface area (Å²) in [5.74, 6) is 1.12. The summed E-state index contributed by atoms with van der Waals surface area (Å²) in [6.07, 6.45) is 5.42. The number of rotatable bonds is 3. The average molecular weight is 213 g/mol. The van der Waals surface area contributed by atoms with Crippen LogP contribution < -0.4 is 0 Å². The molecule has 16 heavy (non-hydrogen) atoms. The maximum absolute atomic E-state index is 7.35. The Balaban J connectivity index is 2.60. The minimum atomic E-state index is 0.493. The lowest BCUT2D eigenvalue weighted by Gasteiger charge is -1.94. The molecule has 1 aromatic heterocycles. The fraction of sp³-hybridized carbons (Fsp3) is 0.214. The molecule has 1 heterocycles. The zero-order chi connectivity index (χ0) is 11.5. The first-order valence-electron chi connectivity index (χ1n) is 5.42. The predicted molar refractivity (Wildman–Crippen MR) is 68.0 cm³/mol. The summed E-state index contributed by atoms with van der Waals surface area (Å²) in [6.45, 7) is 4.26. The van der Waals surface area contributed by atoms with Crippen LogP contribution in [0.4, 0.5) is 0 Å². The van der Waals surface area contributed by atoms with Gasteiger partial charge in [-0.2, -0.15) is 0 Å². The van der Waals surface area contributed by atoms with Gasteiger partial charge in [0.2, 0.25) is 0 Å². The van der Waals surface area contributed by atoms with Crippen molar-refractivity contribution in [2.24, 2.45) is 5.92 Å². The van der Waals surface area contributed by atoms with Crippen LogP contribution in [-0.4, -0.2) is 6.21 Å². The van der Waals surface area contributed by atoms with Crippen molar-refractivity contribution >= 4 is 23.3 Å². The van der Waals surface area contributed by atoms with Gasteiger partial charge in [0, 0.05) is 10.9 Å². The zero-order valence-corrected chi connectivity index (χ0v) is 9.53. The summed E-state index contributed by atoms with van der Waals surface area (Å²) >= 11 is 0. The van der Waals surface area contributed by atoms with Crippen molar-refractivity contribution in [3.05, 3.63) is 41.7 Å². The minimum Gasteiger partial charge on any atom is -0.454 e. The normalized spacial score (nSPS) is 11.7. The molecule has 1 aromatic carbocycles. The van der Waals surface area contributed by atoms with Crippen LogP contribution in [-0.2, 0) is 0 Å². The lowest BCUT2D eigenvalue weighted by Crippen LogP contribution is -1.81. The molecule has 0 unspecified atom stereocenters. The number of para-hydroxylation sites is 1. The van der Waals surface area contributed by atoms with E-state index in [2.05, 4.69) is 19.9 Å². The van der Waals surface area contributed by atoms with Crippen molar-refractivity contribution in [2.75, 3.05) is 0 Å². The van der Waals surface area contributed by atoms with E-state index < -0.39 is 0 Å². The minimum absolute atomic E-state index is 0.493. The third-order valence-corrected chi connectivity index (χ3v) is 2.44. The van der Waals surface area contributed by atoms with E-state index in [1.807, 2.05) is 30.3 Å². The smallest absolute Gasteiger partial charge is 0.152 e. The van der Waals surface area contributed by atoms with Gasteiger partial charge in [0.05, 0.1) is 6.21 Å². The third-order valence-electron chi connectivity index (χ3n) is 2.44. The molecule has 1 N–H and O–H groups in total. The van der Waals surface area contributed by atoms with Gasteiger partial charge in [-0.3, -0.25) is 0 Å². The van der Waals surface area contributed by atoms with Crippen LogP contribution in [0.1, 0.15) is 25.2 Å². The van der Waals surface area contributed by atoms with Crippen molar-refractivity contribution in [1.29, 1.82) is 5.41 Å². The summed E-state index contributed by atoms with van der Waals surface area (Å²) < 4.78 is 5.59. The number of allylic oxidation sites excluding steroid dienone is 1. The van der Waals surface area contributed by atoms with Crippen molar-refractivity contribution < 1.29 is 4.42 Å². The van der Waals surface area contributed by atoms with Gasteiger partial charge in [-0.25, -0.2) is 0 Å². The van der Waals surface area contributed by atoms with Gasteiger partial charge in [0.1, 0.15) is 5.58 Å². The monoisotopic (exact) mass is 213 g/mol. The first-order chi connectivity index (χ1) is 7.72. The first kappa shape index (κ1) is 10.7. The molecule has 82 valence electrons. The van der Waals surface area contributed by atoms with E-state index in [1.165, 1.54) is 6.21 Å². The Morgan fingerprint density at radius 3 is 2.69 bits per heavy atom. The fourth-order valence-corrected chi connectivity index (χ4v) is 1.65. The van der Waals surface area contributed by atoms with E-state index in [4.69, 9.17) is 9.83 Å². The number of furan rings is 1. The summed E-state index contributed by atoms with van der Waals surface area (Å²) in [5, 5.41) is 8.42. The molecular weight excluding hydrogens is 198 g/mol. The van der Waals surface area contributed by atoms with Gasteiger partial charge in [0.15, 0.2) is 5.76 Å². The number of benzene rings is 1. The van der Waals surface area contributed by atoms with Crippen LogP contribution in [0.2, 0.25) is 0 Å². The molecule has 0 atom stereocenters. The van der Waals surface area contributed by atoms with Crippen LogP contribution in [0.25, 0.3) is 17.0 Å². The Morgan fingerprint density at radius 2 is 2.00 bits per heavy atom. The van der Waals surface area contributed by atoms with Crippen LogP contribution in [0.15, 0.2) is 34.8 Å². The Morgan fingerprint density at radius 1 is 1.25 bits per heavy atom. The number of hydrogen-bond donors (Lipinski definition) is 1. The molecule has 2 heteroatoms. The van der Waals surface area contributed by atoms with Crippen molar-refractivity contribution in [1.82, 2.24) is 0 Å². The third kappa shape index (κ3) is 1.91. The molecule has 2 nitrogen and oxygen atoms in total. The summed E-state index contributed by atoms with van der Waals surface area (Å²) in [6, 6.07) is 7.87. The van der Waals surface area contributed by atoms with Crippen molar-refractivity contribution in [3.8, 4) is 0 Å². The van der Waals surface area contributed by atoms with Gasteiger partial charge in [-0.15, -0.1) is 0 Å². The lowest BCUT2D eigenvalue weighted by atomic mass is 10.1. The molecule has 0 amide bonds. The standard InChI is InChI=1S/C14H15NO/c1-10(2)7-8-12-11-5-3-4-6-13(11)16-14(12)9-15/h3-10,15H,1-2H3/b8-7-,15-9?. The highest BCUT2D eigenvalue weighted by atomic mass is 16.3. The van der Waals surface area contributed by atoms with Crippen LogP contribution in [0.3, 0.4) is 0 Å². The number of nitrogens with one attached hydrogen (secondary N) is 1. The molecule has 0 aliphatic carbocycles. The SMILES string of the molecule is CC(C)/C=C\c1c(C=N)oc2ccccc12. The maximum atomic E-state index is 7.35. The topological polar surface area (TPSA) is 37.0 Å². The molecule has 0 fully saturated rings. The van der Waals surface area contributed by atoms with E-state index in [0.29, 0.717) is 11.7 Å². The fourth-order valence-electron chi connectivity index (χ4n) is 1.65.